The maximum absolute atomic E-state index is 13.2. The van der Waals surface area contributed by atoms with Crippen LogP contribution in [0.5, 0.6) is 0 Å². The molecule has 2 aromatic carbocycles. The number of carbonyl (C=O) groups is 2. The van der Waals surface area contributed by atoms with Gasteiger partial charge in [0.2, 0.25) is 11.8 Å². The van der Waals surface area contributed by atoms with Crippen LogP contribution in [0.4, 0.5) is 5.69 Å². The van der Waals surface area contributed by atoms with Gasteiger partial charge in [0, 0.05) is 18.4 Å². The Morgan fingerprint density at radius 2 is 1.35 bits per heavy atom. The van der Waals surface area contributed by atoms with Crippen molar-refractivity contribution in [2.24, 2.45) is 0 Å². The molecule has 0 bridgehead atoms. The number of para-hydroxylation sites is 1. The molecule has 0 aliphatic carbocycles. The number of anilines is 1. The number of aromatic nitrogens is 2. The van der Waals surface area contributed by atoms with Crippen LogP contribution in [0.3, 0.4) is 0 Å². The highest BCUT2D eigenvalue weighted by Crippen LogP contribution is 2.23. The van der Waals surface area contributed by atoms with Gasteiger partial charge in [-0.1, -0.05) is 48.5 Å². The highest BCUT2D eigenvalue weighted by atomic mass is 16.2. The standard InChI is InChI=1S/C20H15N3O3/c24-17-11-12-18(25)23(17)16-13-21-19(14-7-3-1-4-8-14)22(20(16)26)15-9-5-2-6-10-15/h1-10,13H,11-12H2. The van der Waals surface area contributed by atoms with Gasteiger partial charge in [0.05, 0.1) is 11.9 Å². The maximum atomic E-state index is 13.2. The molecule has 0 radical (unpaired) electrons. The quantitative estimate of drug-likeness (QED) is 0.684. The first-order valence-corrected chi connectivity index (χ1v) is 8.25. The summed E-state index contributed by atoms with van der Waals surface area (Å²) in [5.41, 5.74) is 0.915. The van der Waals surface area contributed by atoms with E-state index in [1.807, 2.05) is 48.5 Å². The van der Waals surface area contributed by atoms with E-state index in [-0.39, 0.29) is 30.3 Å². The van der Waals surface area contributed by atoms with Gasteiger partial charge in [0.1, 0.15) is 11.5 Å². The Morgan fingerprint density at radius 1 is 0.769 bits per heavy atom. The molecule has 0 saturated carbocycles. The summed E-state index contributed by atoms with van der Waals surface area (Å²) in [5, 5.41) is 0. The van der Waals surface area contributed by atoms with E-state index in [2.05, 4.69) is 4.98 Å². The largest absolute Gasteiger partial charge is 0.282 e. The van der Waals surface area contributed by atoms with Gasteiger partial charge in [0.15, 0.2) is 0 Å². The van der Waals surface area contributed by atoms with E-state index in [4.69, 9.17) is 0 Å². The maximum Gasteiger partial charge on any atom is 0.282 e. The van der Waals surface area contributed by atoms with Gasteiger partial charge in [-0.2, -0.15) is 0 Å². The number of rotatable bonds is 3. The monoisotopic (exact) mass is 345 g/mol. The van der Waals surface area contributed by atoms with Gasteiger partial charge in [-0.25, -0.2) is 9.88 Å². The predicted molar refractivity (Wildman–Crippen MR) is 97.0 cm³/mol. The zero-order chi connectivity index (χ0) is 18.1. The molecular weight excluding hydrogens is 330 g/mol. The number of hydrogen-bond donors (Lipinski definition) is 0. The Morgan fingerprint density at radius 3 is 1.96 bits per heavy atom. The zero-order valence-electron chi connectivity index (χ0n) is 13.8. The SMILES string of the molecule is O=C1CCC(=O)N1c1cnc(-c2ccccc2)n(-c2ccccc2)c1=O. The number of amides is 2. The first-order chi connectivity index (χ1) is 12.7. The van der Waals surface area contributed by atoms with Gasteiger partial charge < -0.3 is 0 Å². The topological polar surface area (TPSA) is 72.3 Å². The van der Waals surface area contributed by atoms with Crippen molar-refractivity contribution >= 4 is 17.5 Å². The zero-order valence-corrected chi connectivity index (χ0v) is 13.8. The van der Waals surface area contributed by atoms with Crippen LogP contribution >= 0.6 is 0 Å². The fourth-order valence-electron chi connectivity index (χ4n) is 3.05. The molecule has 6 nitrogen and oxygen atoms in total. The molecule has 2 amide bonds. The summed E-state index contributed by atoms with van der Waals surface area (Å²) in [4.78, 5) is 42.7. The van der Waals surface area contributed by atoms with E-state index in [1.54, 1.807) is 12.1 Å². The number of benzene rings is 2. The average Bonchev–Trinajstić information content (AvgIpc) is 3.01. The van der Waals surface area contributed by atoms with Crippen LogP contribution in [0.25, 0.3) is 17.1 Å². The highest BCUT2D eigenvalue weighted by molar-refractivity contribution is 6.19. The van der Waals surface area contributed by atoms with Gasteiger partial charge in [0.25, 0.3) is 5.56 Å². The summed E-state index contributed by atoms with van der Waals surface area (Å²) >= 11 is 0. The number of nitrogens with zero attached hydrogens (tertiary/aromatic N) is 3. The van der Waals surface area contributed by atoms with Crippen LogP contribution in [-0.4, -0.2) is 21.4 Å². The molecule has 4 rings (SSSR count). The van der Waals surface area contributed by atoms with Crippen molar-refractivity contribution in [2.45, 2.75) is 12.8 Å². The molecule has 2 heterocycles. The van der Waals surface area contributed by atoms with Gasteiger partial charge in [-0.15, -0.1) is 0 Å². The molecule has 0 atom stereocenters. The molecule has 1 saturated heterocycles. The van der Waals surface area contributed by atoms with Crippen LogP contribution in [0.1, 0.15) is 12.8 Å². The third-order valence-corrected chi connectivity index (χ3v) is 4.28. The van der Waals surface area contributed by atoms with E-state index in [0.29, 0.717) is 11.5 Å². The summed E-state index contributed by atoms with van der Waals surface area (Å²) in [6, 6.07) is 18.4. The van der Waals surface area contributed by atoms with Crippen LogP contribution in [0.2, 0.25) is 0 Å². The summed E-state index contributed by atoms with van der Waals surface area (Å²) in [6.07, 6.45) is 1.54. The number of imide groups is 1. The number of hydrogen-bond acceptors (Lipinski definition) is 4. The van der Waals surface area contributed by atoms with Gasteiger partial charge in [-0.05, 0) is 12.1 Å². The minimum absolute atomic E-state index is 0.0129. The average molecular weight is 345 g/mol. The first kappa shape index (κ1) is 16.0. The lowest BCUT2D eigenvalue weighted by atomic mass is 10.2. The predicted octanol–water partition coefficient (Wildman–Crippen LogP) is 2.55. The molecule has 1 aromatic heterocycles. The third-order valence-electron chi connectivity index (χ3n) is 4.28. The molecule has 0 N–H and O–H groups in total. The van der Waals surface area contributed by atoms with Gasteiger partial charge >= 0.3 is 0 Å². The second-order valence-electron chi connectivity index (χ2n) is 5.93. The Labute approximate surface area is 149 Å². The molecular formula is C20H15N3O3. The fraction of sp³-hybridized carbons (Fsp3) is 0.100. The lowest BCUT2D eigenvalue weighted by molar-refractivity contribution is -0.121. The van der Waals surface area contributed by atoms with E-state index >= 15 is 0 Å². The molecule has 3 aromatic rings. The fourth-order valence-corrected chi connectivity index (χ4v) is 3.05. The normalized spacial score (nSPS) is 14.1. The second-order valence-corrected chi connectivity index (χ2v) is 5.93. The molecule has 128 valence electrons. The summed E-state index contributed by atoms with van der Waals surface area (Å²) in [7, 11) is 0. The minimum atomic E-state index is -0.450. The summed E-state index contributed by atoms with van der Waals surface area (Å²) < 4.78 is 1.43. The van der Waals surface area contributed by atoms with Crippen LogP contribution in [0, 0.1) is 0 Å². The van der Waals surface area contributed by atoms with Crippen LogP contribution < -0.4 is 10.5 Å². The Kier molecular flexibility index (Phi) is 3.93. The first-order valence-electron chi connectivity index (χ1n) is 8.25. The van der Waals surface area contributed by atoms with Crippen molar-refractivity contribution in [3.05, 3.63) is 77.2 Å². The van der Waals surface area contributed by atoms with Crippen molar-refractivity contribution in [1.82, 2.24) is 9.55 Å². The molecule has 0 unspecified atom stereocenters. The van der Waals surface area contributed by atoms with Crippen molar-refractivity contribution < 1.29 is 9.59 Å². The van der Waals surface area contributed by atoms with E-state index < -0.39 is 5.56 Å². The Balaban J connectivity index is 1.98. The molecule has 1 aliphatic rings. The van der Waals surface area contributed by atoms with E-state index in [9.17, 15) is 14.4 Å². The second kappa shape index (κ2) is 6.40. The van der Waals surface area contributed by atoms with Crippen molar-refractivity contribution in [2.75, 3.05) is 4.90 Å². The van der Waals surface area contributed by atoms with Crippen molar-refractivity contribution in [3.8, 4) is 17.1 Å². The smallest absolute Gasteiger partial charge is 0.274 e. The summed E-state index contributed by atoms with van der Waals surface area (Å²) in [5.74, 6) is -0.299. The lowest BCUT2D eigenvalue weighted by Crippen LogP contribution is -2.36. The third kappa shape index (κ3) is 2.61. The molecule has 1 aliphatic heterocycles. The highest BCUT2D eigenvalue weighted by Gasteiger charge is 2.33. The molecule has 1 fully saturated rings. The number of carbonyl (C=O) groups excluding carboxylic acids is 2. The van der Waals surface area contributed by atoms with E-state index in [1.165, 1.54) is 10.8 Å². The molecule has 6 heteroatoms. The van der Waals surface area contributed by atoms with Crippen molar-refractivity contribution in [3.63, 3.8) is 0 Å². The van der Waals surface area contributed by atoms with Gasteiger partial charge in [-0.3, -0.25) is 19.0 Å². The Bertz CT molecular complexity index is 1030. The molecule has 0 spiro atoms. The van der Waals surface area contributed by atoms with E-state index in [0.717, 1.165) is 10.5 Å². The van der Waals surface area contributed by atoms with Crippen molar-refractivity contribution in [1.29, 1.82) is 0 Å². The lowest BCUT2D eigenvalue weighted by Gasteiger charge is -2.17. The molecule has 26 heavy (non-hydrogen) atoms. The van der Waals surface area contributed by atoms with Crippen LogP contribution in [0.15, 0.2) is 71.7 Å². The summed E-state index contributed by atoms with van der Waals surface area (Å²) in [6.45, 7) is 0. The van der Waals surface area contributed by atoms with Crippen LogP contribution in [-0.2, 0) is 9.59 Å². The Hall–Kier alpha value is -3.54. The minimum Gasteiger partial charge on any atom is -0.274 e.